The van der Waals surface area contributed by atoms with Gasteiger partial charge in [-0.3, -0.25) is 0 Å². The standard InChI is InChI=1S/C9H19NS/c1-8(2)6-10-4-5-11-9(3)7-10/h8-9H,4-7H2,1-3H3/t9-/m0/s1. The molecule has 0 bridgehead atoms. The third-order valence-corrected chi connectivity index (χ3v) is 3.08. The lowest BCUT2D eigenvalue weighted by Gasteiger charge is -2.31. The van der Waals surface area contributed by atoms with E-state index in [1.54, 1.807) is 0 Å². The van der Waals surface area contributed by atoms with E-state index in [1.165, 1.54) is 25.4 Å². The number of nitrogens with zero attached hydrogens (tertiary/aromatic N) is 1. The van der Waals surface area contributed by atoms with Crippen molar-refractivity contribution >= 4 is 11.8 Å². The highest BCUT2D eigenvalue weighted by molar-refractivity contribution is 7.99. The van der Waals surface area contributed by atoms with Gasteiger partial charge in [0.1, 0.15) is 0 Å². The van der Waals surface area contributed by atoms with Crippen LogP contribution in [-0.4, -0.2) is 35.5 Å². The van der Waals surface area contributed by atoms with Gasteiger partial charge in [0.25, 0.3) is 0 Å². The van der Waals surface area contributed by atoms with Crippen LogP contribution in [0.2, 0.25) is 0 Å². The molecule has 1 aliphatic heterocycles. The molecule has 2 heteroatoms. The Morgan fingerprint density at radius 2 is 2.27 bits per heavy atom. The van der Waals surface area contributed by atoms with Crippen LogP contribution in [0.1, 0.15) is 20.8 Å². The second-order valence-electron chi connectivity index (χ2n) is 3.83. The van der Waals surface area contributed by atoms with Gasteiger partial charge in [-0.05, 0) is 5.92 Å². The zero-order valence-corrected chi connectivity index (χ0v) is 8.66. The molecule has 0 spiro atoms. The van der Waals surface area contributed by atoms with Crippen LogP contribution in [-0.2, 0) is 0 Å². The zero-order chi connectivity index (χ0) is 8.27. The molecule has 0 N–H and O–H groups in total. The molecule has 0 amide bonds. The first kappa shape index (κ1) is 9.40. The van der Waals surface area contributed by atoms with Gasteiger partial charge in [-0.25, -0.2) is 0 Å². The molecule has 1 saturated heterocycles. The summed E-state index contributed by atoms with van der Waals surface area (Å²) in [7, 11) is 0. The monoisotopic (exact) mass is 173 g/mol. The van der Waals surface area contributed by atoms with Crippen LogP contribution in [0.5, 0.6) is 0 Å². The Kier molecular flexibility index (Phi) is 3.73. The molecule has 1 fully saturated rings. The van der Waals surface area contributed by atoms with Gasteiger partial charge in [0.05, 0.1) is 0 Å². The third-order valence-electron chi connectivity index (χ3n) is 1.95. The molecule has 66 valence electrons. The minimum atomic E-state index is 0.824. The van der Waals surface area contributed by atoms with Crippen LogP contribution in [0.3, 0.4) is 0 Å². The van der Waals surface area contributed by atoms with E-state index < -0.39 is 0 Å². The molecule has 1 nitrogen and oxygen atoms in total. The van der Waals surface area contributed by atoms with E-state index in [1.807, 2.05) is 0 Å². The lowest BCUT2D eigenvalue weighted by atomic mass is 10.2. The molecule has 0 aromatic carbocycles. The summed E-state index contributed by atoms with van der Waals surface area (Å²) in [4.78, 5) is 2.59. The van der Waals surface area contributed by atoms with Crippen LogP contribution < -0.4 is 0 Å². The fraction of sp³-hybridized carbons (Fsp3) is 1.00. The van der Waals surface area contributed by atoms with E-state index in [4.69, 9.17) is 0 Å². The molecule has 0 unspecified atom stereocenters. The SMILES string of the molecule is CC(C)CN1CCS[C@@H](C)C1. The first-order chi connectivity index (χ1) is 5.18. The summed E-state index contributed by atoms with van der Waals surface area (Å²) in [5.41, 5.74) is 0. The first-order valence-electron chi connectivity index (χ1n) is 4.52. The Balaban J connectivity index is 2.23. The van der Waals surface area contributed by atoms with Crippen LogP contribution in [0.25, 0.3) is 0 Å². The predicted molar refractivity (Wildman–Crippen MR) is 53.2 cm³/mol. The smallest absolute Gasteiger partial charge is 0.0147 e. The van der Waals surface area contributed by atoms with Crippen molar-refractivity contribution in [3.63, 3.8) is 0 Å². The van der Waals surface area contributed by atoms with Gasteiger partial charge in [0.2, 0.25) is 0 Å². The fourth-order valence-electron chi connectivity index (χ4n) is 1.57. The minimum Gasteiger partial charge on any atom is -0.301 e. The summed E-state index contributed by atoms with van der Waals surface area (Å²) >= 11 is 2.11. The van der Waals surface area contributed by atoms with Gasteiger partial charge in [-0.1, -0.05) is 20.8 Å². The molecule has 0 aliphatic carbocycles. The Labute approximate surface area is 74.5 Å². The summed E-state index contributed by atoms with van der Waals surface area (Å²) < 4.78 is 0. The Hall–Kier alpha value is 0.310. The van der Waals surface area contributed by atoms with Crippen molar-refractivity contribution in [3.05, 3.63) is 0 Å². The maximum Gasteiger partial charge on any atom is 0.0147 e. The molecule has 0 aromatic heterocycles. The Bertz CT molecular complexity index is 112. The highest BCUT2D eigenvalue weighted by atomic mass is 32.2. The topological polar surface area (TPSA) is 3.24 Å². The minimum absolute atomic E-state index is 0.824. The van der Waals surface area contributed by atoms with Gasteiger partial charge in [0.15, 0.2) is 0 Å². The number of hydrogen-bond acceptors (Lipinski definition) is 2. The van der Waals surface area contributed by atoms with Crippen molar-refractivity contribution in [2.24, 2.45) is 5.92 Å². The molecule has 1 atom stereocenters. The summed E-state index contributed by atoms with van der Waals surface area (Å²) in [6.45, 7) is 10.8. The molecule has 0 saturated carbocycles. The second-order valence-corrected chi connectivity index (χ2v) is 5.38. The molecule has 11 heavy (non-hydrogen) atoms. The lowest BCUT2D eigenvalue weighted by Crippen LogP contribution is -2.38. The van der Waals surface area contributed by atoms with Crippen molar-refractivity contribution in [1.82, 2.24) is 4.90 Å². The third kappa shape index (κ3) is 3.48. The van der Waals surface area contributed by atoms with Crippen LogP contribution in [0.4, 0.5) is 0 Å². The molecular formula is C9H19NS. The molecule has 1 aliphatic rings. The Morgan fingerprint density at radius 1 is 1.55 bits per heavy atom. The number of rotatable bonds is 2. The van der Waals surface area contributed by atoms with Crippen molar-refractivity contribution in [2.45, 2.75) is 26.0 Å². The van der Waals surface area contributed by atoms with E-state index in [0.717, 1.165) is 11.2 Å². The van der Waals surface area contributed by atoms with Gasteiger partial charge in [0, 0.05) is 30.6 Å². The fourth-order valence-corrected chi connectivity index (χ4v) is 2.66. The summed E-state index contributed by atoms with van der Waals surface area (Å²) in [5.74, 6) is 2.15. The van der Waals surface area contributed by atoms with Gasteiger partial charge in [-0.2, -0.15) is 11.8 Å². The van der Waals surface area contributed by atoms with E-state index in [-0.39, 0.29) is 0 Å². The summed E-state index contributed by atoms with van der Waals surface area (Å²) in [6.07, 6.45) is 0. The average molecular weight is 173 g/mol. The maximum atomic E-state index is 2.59. The van der Waals surface area contributed by atoms with Gasteiger partial charge < -0.3 is 4.90 Å². The van der Waals surface area contributed by atoms with E-state index >= 15 is 0 Å². The normalized spacial score (nSPS) is 27.8. The van der Waals surface area contributed by atoms with Gasteiger partial charge >= 0.3 is 0 Å². The van der Waals surface area contributed by atoms with Crippen LogP contribution >= 0.6 is 11.8 Å². The zero-order valence-electron chi connectivity index (χ0n) is 7.84. The van der Waals surface area contributed by atoms with Crippen molar-refractivity contribution in [3.8, 4) is 0 Å². The highest BCUT2D eigenvalue weighted by Crippen LogP contribution is 2.18. The number of hydrogen-bond donors (Lipinski definition) is 0. The first-order valence-corrected chi connectivity index (χ1v) is 5.57. The predicted octanol–water partition coefficient (Wildman–Crippen LogP) is 2.08. The molecule has 1 rings (SSSR count). The highest BCUT2D eigenvalue weighted by Gasteiger charge is 2.16. The van der Waals surface area contributed by atoms with Crippen LogP contribution in [0.15, 0.2) is 0 Å². The maximum absolute atomic E-state index is 2.59. The van der Waals surface area contributed by atoms with Gasteiger partial charge in [-0.15, -0.1) is 0 Å². The van der Waals surface area contributed by atoms with Crippen molar-refractivity contribution in [2.75, 3.05) is 25.4 Å². The Morgan fingerprint density at radius 3 is 2.82 bits per heavy atom. The average Bonchev–Trinajstić information content (AvgIpc) is 1.85. The van der Waals surface area contributed by atoms with Crippen LogP contribution in [0, 0.1) is 5.92 Å². The molecule has 1 heterocycles. The van der Waals surface area contributed by atoms with Crippen molar-refractivity contribution < 1.29 is 0 Å². The van der Waals surface area contributed by atoms with E-state index in [0.29, 0.717) is 0 Å². The van der Waals surface area contributed by atoms with E-state index in [2.05, 4.69) is 37.4 Å². The van der Waals surface area contributed by atoms with Crippen molar-refractivity contribution in [1.29, 1.82) is 0 Å². The second kappa shape index (κ2) is 4.36. The lowest BCUT2D eigenvalue weighted by molar-refractivity contribution is 0.255. The molecular weight excluding hydrogens is 154 g/mol. The molecule has 0 aromatic rings. The largest absolute Gasteiger partial charge is 0.301 e. The summed E-state index contributed by atoms with van der Waals surface area (Å²) in [5, 5.41) is 0.850. The quantitative estimate of drug-likeness (QED) is 0.629. The number of thioether (sulfide) groups is 1. The summed E-state index contributed by atoms with van der Waals surface area (Å²) in [6, 6.07) is 0. The van der Waals surface area contributed by atoms with E-state index in [9.17, 15) is 0 Å². The molecule has 0 radical (unpaired) electrons.